The highest BCUT2D eigenvalue weighted by atomic mass is 16.5. The molecular weight excluding hydrogens is 202 g/mol. The summed E-state index contributed by atoms with van der Waals surface area (Å²) in [6, 6.07) is 10.3. The van der Waals surface area contributed by atoms with Gasteiger partial charge in [-0.05, 0) is 17.9 Å². The van der Waals surface area contributed by atoms with Crippen molar-refractivity contribution in [1.29, 1.82) is 0 Å². The van der Waals surface area contributed by atoms with E-state index < -0.39 is 0 Å². The summed E-state index contributed by atoms with van der Waals surface area (Å²) in [5.74, 6) is 0.302. The summed E-state index contributed by atoms with van der Waals surface area (Å²) in [4.78, 5) is 11.5. The number of hydrogen-bond acceptors (Lipinski definition) is 3. The summed E-state index contributed by atoms with van der Waals surface area (Å²) in [5, 5.41) is 3.30. The van der Waals surface area contributed by atoms with Crippen LogP contribution in [0.5, 0.6) is 0 Å². The number of ether oxygens (including phenoxy) is 1. The van der Waals surface area contributed by atoms with Gasteiger partial charge in [0.1, 0.15) is 0 Å². The van der Waals surface area contributed by atoms with Crippen LogP contribution in [0.2, 0.25) is 0 Å². The molecule has 1 aliphatic rings. The predicted molar refractivity (Wildman–Crippen MR) is 62.2 cm³/mol. The number of benzene rings is 1. The second-order valence-corrected chi connectivity index (χ2v) is 4.22. The maximum absolute atomic E-state index is 11.5. The zero-order valence-corrected chi connectivity index (χ0v) is 9.48. The number of hydrogen-bond donors (Lipinski definition) is 1. The Morgan fingerprint density at radius 1 is 1.31 bits per heavy atom. The molecule has 0 radical (unpaired) electrons. The highest BCUT2D eigenvalue weighted by Gasteiger charge is 2.28. The van der Waals surface area contributed by atoms with Crippen LogP contribution in [0.3, 0.4) is 0 Å². The Bertz CT molecular complexity index is 350. The van der Waals surface area contributed by atoms with Crippen molar-refractivity contribution >= 4 is 5.97 Å². The molecule has 86 valence electrons. The van der Waals surface area contributed by atoms with Gasteiger partial charge in [-0.3, -0.25) is 4.79 Å². The van der Waals surface area contributed by atoms with E-state index in [1.165, 1.54) is 12.7 Å². The maximum Gasteiger partial charge on any atom is 0.309 e. The first-order chi connectivity index (χ1) is 7.81. The van der Waals surface area contributed by atoms with Crippen LogP contribution >= 0.6 is 0 Å². The first-order valence-electron chi connectivity index (χ1n) is 5.64. The zero-order chi connectivity index (χ0) is 11.4. The Morgan fingerprint density at radius 2 is 2.06 bits per heavy atom. The van der Waals surface area contributed by atoms with Crippen LogP contribution in [0.15, 0.2) is 30.3 Å². The second kappa shape index (κ2) is 5.12. The van der Waals surface area contributed by atoms with Crippen molar-refractivity contribution in [1.82, 2.24) is 5.32 Å². The van der Waals surface area contributed by atoms with Crippen LogP contribution in [0.25, 0.3) is 0 Å². The van der Waals surface area contributed by atoms with Gasteiger partial charge in [-0.15, -0.1) is 0 Å². The molecule has 1 aromatic carbocycles. The van der Waals surface area contributed by atoms with Gasteiger partial charge in [-0.25, -0.2) is 0 Å². The minimum absolute atomic E-state index is 0.0102. The summed E-state index contributed by atoms with van der Waals surface area (Å²) < 4.78 is 4.79. The molecule has 1 aromatic rings. The fourth-order valence-electron chi connectivity index (χ4n) is 2.27. The molecule has 0 spiro atoms. The van der Waals surface area contributed by atoms with E-state index in [1.54, 1.807) is 0 Å². The quantitative estimate of drug-likeness (QED) is 0.767. The Hall–Kier alpha value is -1.35. The van der Waals surface area contributed by atoms with E-state index in [1.807, 2.05) is 18.2 Å². The van der Waals surface area contributed by atoms with Crippen LogP contribution in [0, 0.1) is 5.92 Å². The molecule has 0 unspecified atom stereocenters. The van der Waals surface area contributed by atoms with Gasteiger partial charge in [0, 0.05) is 13.1 Å². The molecule has 0 amide bonds. The van der Waals surface area contributed by atoms with Gasteiger partial charge >= 0.3 is 5.97 Å². The third-order valence-corrected chi connectivity index (χ3v) is 3.16. The highest BCUT2D eigenvalue weighted by Crippen LogP contribution is 2.26. The summed E-state index contributed by atoms with van der Waals surface area (Å²) in [6.45, 7) is 1.67. The molecular formula is C13H17NO2. The highest BCUT2D eigenvalue weighted by molar-refractivity contribution is 5.72. The molecule has 1 saturated heterocycles. The third-order valence-electron chi connectivity index (χ3n) is 3.16. The van der Waals surface area contributed by atoms with Gasteiger partial charge in [0.05, 0.1) is 13.0 Å². The topological polar surface area (TPSA) is 38.3 Å². The Labute approximate surface area is 95.8 Å². The van der Waals surface area contributed by atoms with Crippen molar-refractivity contribution in [3.63, 3.8) is 0 Å². The van der Waals surface area contributed by atoms with Gasteiger partial charge in [0.15, 0.2) is 0 Å². The molecule has 2 rings (SSSR count). The molecule has 3 nitrogen and oxygen atoms in total. The number of carbonyl (C=O) groups excluding carboxylic acids is 1. The van der Waals surface area contributed by atoms with Crippen molar-refractivity contribution in [2.24, 2.45) is 5.92 Å². The lowest BCUT2D eigenvalue weighted by Gasteiger charge is -2.28. The molecule has 1 N–H and O–H groups in total. The summed E-state index contributed by atoms with van der Waals surface area (Å²) >= 11 is 0. The van der Waals surface area contributed by atoms with Crippen molar-refractivity contribution < 1.29 is 9.53 Å². The number of rotatable bonds is 2. The van der Waals surface area contributed by atoms with E-state index in [9.17, 15) is 4.79 Å². The Morgan fingerprint density at radius 3 is 2.75 bits per heavy atom. The minimum Gasteiger partial charge on any atom is -0.469 e. The van der Waals surface area contributed by atoms with Crippen LogP contribution in [-0.4, -0.2) is 26.2 Å². The summed E-state index contributed by atoms with van der Waals surface area (Å²) in [5.41, 5.74) is 1.30. The van der Waals surface area contributed by atoms with Crippen LogP contribution in [0.1, 0.15) is 17.9 Å². The molecule has 0 aliphatic carbocycles. The molecule has 1 heterocycles. The van der Waals surface area contributed by atoms with Gasteiger partial charge in [0.25, 0.3) is 0 Å². The smallest absolute Gasteiger partial charge is 0.309 e. The van der Waals surface area contributed by atoms with Crippen molar-refractivity contribution in [2.75, 3.05) is 20.2 Å². The predicted octanol–water partition coefficient (Wildman–Crippen LogP) is 1.55. The average Bonchev–Trinajstić information content (AvgIpc) is 2.39. The second-order valence-electron chi connectivity index (χ2n) is 4.22. The Balaban J connectivity index is 2.05. The van der Waals surface area contributed by atoms with Crippen molar-refractivity contribution in [3.8, 4) is 0 Å². The summed E-state index contributed by atoms with van der Waals surface area (Å²) in [6.07, 6.45) is 0.879. The van der Waals surface area contributed by atoms with Crippen molar-refractivity contribution in [2.45, 2.75) is 12.3 Å². The maximum atomic E-state index is 11.5. The monoisotopic (exact) mass is 219 g/mol. The normalized spacial score (nSPS) is 25.1. The molecule has 0 aromatic heterocycles. The SMILES string of the molecule is COC(=O)[C@@H]1CNC[C@H](c2ccccc2)C1. The third kappa shape index (κ3) is 2.42. The van der Waals surface area contributed by atoms with E-state index >= 15 is 0 Å². The fraction of sp³-hybridized carbons (Fsp3) is 0.462. The van der Waals surface area contributed by atoms with Gasteiger partial charge in [0.2, 0.25) is 0 Å². The number of nitrogens with one attached hydrogen (secondary N) is 1. The zero-order valence-electron chi connectivity index (χ0n) is 9.48. The van der Waals surface area contributed by atoms with Crippen LogP contribution < -0.4 is 5.32 Å². The van der Waals surface area contributed by atoms with Gasteiger partial charge in [-0.1, -0.05) is 30.3 Å². The van der Waals surface area contributed by atoms with E-state index in [0.29, 0.717) is 5.92 Å². The first kappa shape index (κ1) is 11.1. The largest absolute Gasteiger partial charge is 0.469 e. The molecule has 16 heavy (non-hydrogen) atoms. The molecule has 1 aliphatic heterocycles. The lowest BCUT2D eigenvalue weighted by atomic mass is 9.86. The van der Waals surface area contributed by atoms with E-state index in [2.05, 4.69) is 17.4 Å². The van der Waals surface area contributed by atoms with Crippen molar-refractivity contribution in [3.05, 3.63) is 35.9 Å². The first-order valence-corrected chi connectivity index (χ1v) is 5.64. The van der Waals surface area contributed by atoms with E-state index in [-0.39, 0.29) is 11.9 Å². The number of piperidine rings is 1. The van der Waals surface area contributed by atoms with Crippen LogP contribution in [-0.2, 0) is 9.53 Å². The van der Waals surface area contributed by atoms with E-state index in [0.717, 1.165) is 19.5 Å². The molecule has 1 fully saturated rings. The molecule has 3 heteroatoms. The standard InChI is InChI=1S/C13H17NO2/c1-16-13(15)12-7-11(8-14-9-12)10-5-3-2-4-6-10/h2-6,11-12,14H,7-9H2,1H3/t11-,12+/m1/s1. The number of carbonyl (C=O) groups is 1. The molecule has 2 atom stereocenters. The number of esters is 1. The lowest BCUT2D eigenvalue weighted by Crippen LogP contribution is -2.39. The minimum atomic E-state index is -0.104. The average molecular weight is 219 g/mol. The summed E-state index contributed by atoms with van der Waals surface area (Å²) in [7, 11) is 1.45. The van der Waals surface area contributed by atoms with Gasteiger partial charge < -0.3 is 10.1 Å². The van der Waals surface area contributed by atoms with E-state index in [4.69, 9.17) is 4.74 Å². The van der Waals surface area contributed by atoms with Gasteiger partial charge in [-0.2, -0.15) is 0 Å². The number of methoxy groups -OCH3 is 1. The Kier molecular flexibility index (Phi) is 3.57. The fourth-order valence-corrected chi connectivity index (χ4v) is 2.27. The lowest BCUT2D eigenvalue weighted by molar-refractivity contribution is -0.146. The molecule has 0 bridgehead atoms. The molecule has 0 saturated carbocycles. The van der Waals surface area contributed by atoms with Crippen LogP contribution in [0.4, 0.5) is 0 Å².